The maximum absolute atomic E-state index is 10.7. The van der Waals surface area contributed by atoms with Crippen molar-refractivity contribution in [1.29, 1.82) is 0 Å². The van der Waals surface area contributed by atoms with Crippen molar-refractivity contribution in [1.82, 2.24) is 5.32 Å². The minimum absolute atomic E-state index is 0.230. The van der Waals surface area contributed by atoms with Gasteiger partial charge in [-0.1, -0.05) is 25.5 Å². The molecule has 0 heterocycles. The third kappa shape index (κ3) is 7.53. The molecule has 0 saturated carbocycles. The minimum atomic E-state index is -0.297. The third-order valence-electron chi connectivity index (χ3n) is 1.71. The van der Waals surface area contributed by atoms with Gasteiger partial charge < -0.3 is 11.1 Å². The van der Waals surface area contributed by atoms with Crippen LogP contribution in [0.25, 0.3) is 0 Å². The molecule has 3 nitrogen and oxygen atoms in total. The fraction of sp³-hybridized carbons (Fsp3) is 0.700. The van der Waals surface area contributed by atoms with Crippen LogP contribution in [0, 0.1) is 0 Å². The molecule has 0 bridgehead atoms. The molecule has 0 radical (unpaired) electrons. The largest absolute Gasteiger partial charge is 0.368 e. The first kappa shape index (κ1) is 14.7. The summed E-state index contributed by atoms with van der Waals surface area (Å²) in [6.07, 6.45) is 2.68. The van der Waals surface area contributed by atoms with Gasteiger partial charge in [0.2, 0.25) is 5.91 Å². The molecule has 0 spiro atoms. The molecule has 0 aliphatic rings. The maximum atomic E-state index is 10.7. The fourth-order valence-electron chi connectivity index (χ4n) is 0.785. The van der Waals surface area contributed by atoms with Crippen LogP contribution < -0.4 is 11.1 Å². The predicted octanol–water partition coefficient (Wildman–Crippen LogP) is 1.44. The van der Waals surface area contributed by atoms with Crippen molar-refractivity contribution in [2.24, 2.45) is 5.73 Å². The van der Waals surface area contributed by atoms with Gasteiger partial charge in [0.05, 0.1) is 6.04 Å². The van der Waals surface area contributed by atoms with E-state index in [4.69, 9.17) is 5.73 Å². The second-order valence-corrected chi connectivity index (χ2v) is 2.58. The molecule has 0 aliphatic carbocycles. The zero-order valence-corrected chi connectivity index (χ0v) is 9.35. The quantitative estimate of drug-likeness (QED) is 0.653. The van der Waals surface area contributed by atoms with Crippen LogP contribution in [0.2, 0.25) is 0 Å². The Morgan fingerprint density at radius 1 is 1.54 bits per heavy atom. The molecule has 0 fully saturated rings. The summed E-state index contributed by atoms with van der Waals surface area (Å²) in [5.74, 6) is -0.297. The predicted molar refractivity (Wildman–Crippen MR) is 57.4 cm³/mol. The van der Waals surface area contributed by atoms with E-state index >= 15 is 0 Å². The van der Waals surface area contributed by atoms with E-state index in [9.17, 15) is 4.79 Å². The van der Waals surface area contributed by atoms with Crippen LogP contribution in [0.4, 0.5) is 0 Å². The zero-order chi connectivity index (χ0) is 10.9. The summed E-state index contributed by atoms with van der Waals surface area (Å²) in [6.45, 7) is 7.93. The minimum Gasteiger partial charge on any atom is -0.368 e. The second kappa shape index (κ2) is 9.26. The SMILES string of the molecule is C/C=C(\C)CC(NC)C(N)=O.CC. The van der Waals surface area contributed by atoms with Crippen LogP contribution in [0.3, 0.4) is 0 Å². The molecule has 1 unspecified atom stereocenters. The Bertz CT molecular complexity index is 164. The van der Waals surface area contributed by atoms with Crippen LogP contribution in [0.5, 0.6) is 0 Å². The monoisotopic (exact) mass is 186 g/mol. The second-order valence-electron chi connectivity index (χ2n) is 2.58. The fourth-order valence-corrected chi connectivity index (χ4v) is 0.785. The first-order valence-corrected chi connectivity index (χ1v) is 4.70. The van der Waals surface area contributed by atoms with E-state index in [2.05, 4.69) is 5.32 Å². The Morgan fingerprint density at radius 3 is 2.23 bits per heavy atom. The van der Waals surface area contributed by atoms with Crippen molar-refractivity contribution >= 4 is 5.91 Å². The van der Waals surface area contributed by atoms with E-state index < -0.39 is 0 Å². The highest BCUT2D eigenvalue weighted by Gasteiger charge is 2.11. The van der Waals surface area contributed by atoms with Gasteiger partial charge in [-0.15, -0.1) is 0 Å². The average Bonchev–Trinajstić information content (AvgIpc) is 2.16. The summed E-state index contributed by atoms with van der Waals surface area (Å²) >= 11 is 0. The number of nitrogens with one attached hydrogen (secondary N) is 1. The number of hydrogen-bond acceptors (Lipinski definition) is 2. The van der Waals surface area contributed by atoms with Crippen molar-refractivity contribution in [3.63, 3.8) is 0 Å². The van der Waals surface area contributed by atoms with Crippen LogP contribution >= 0.6 is 0 Å². The number of carbonyl (C=O) groups excluding carboxylic acids is 1. The summed E-state index contributed by atoms with van der Waals surface area (Å²) in [7, 11) is 1.73. The summed E-state index contributed by atoms with van der Waals surface area (Å²) in [6, 6.07) is -0.230. The van der Waals surface area contributed by atoms with Crippen LogP contribution in [0.15, 0.2) is 11.6 Å². The Hall–Kier alpha value is -0.830. The van der Waals surface area contributed by atoms with Gasteiger partial charge >= 0.3 is 0 Å². The Kier molecular flexibility index (Phi) is 10.5. The molecule has 3 N–H and O–H groups in total. The van der Waals surface area contributed by atoms with Gasteiger partial charge in [0, 0.05) is 0 Å². The lowest BCUT2D eigenvalue weighted by atomic mass is 10.1. The maximum Gasteiger partial charge on any atom is 0.234 e. The highest BCUT2D eigenvalue weighted by Crippen LogP contribution is 2.02. The van der Waals surface area contributed by atoms with Gasteiger partial charge in [-0.25, -0.2) is 0 Å². The molecular formula is C10H22N2O. The molecule has 0 aliphatic heterocycles. The molecule has 1 atom stereocenters. The van der Waals surface area contributed by atoms with Crippen molar-refractivity contribution in [2.45, 2.75) is 40.2 Å². The molecule has 0 aromatic heterocycles. The van der Waals surface area contributed by atoms with Gasteiger partial charge in [-0.2, -0.15) is 0 Å². The standard InChI is InChI=1S/C8H16N2O.C2H6/c1-4-6(2)5-7(10-3)8(9)11;1-2/h4,7,10H,5H2,1-3H3,(H2,9,11);1-2H3/b6-4+;. The van der Waals surface area contributed by atoms with Crippen LogP contribution in [-0.4, -0.2) is 19.0 Å². The highest BCUT2D eigenvalue weighted by atomic mass is 16.1. The van der Waals surface area contributed by atoms with E-state index in [0.717, 1.165) is 0 Å². The number of carbonyl (C=O) groups is 1. The molecular weight excluding hydrogens is 164 g/mol. The number of hydrogen-bond donors (Lipinski definition) is 2. The van der Waals surface area contributed by atoms with Crippen molar-refractivity contribution in [3.8, 4) is 0 Å². The lowest BCUT2D eigenvalue weighted by molar-refractivity contribution is -0.119. The normalized spacial score (nSPS) is 12.8. The van der Waals surface area contributed by atoms with Crippen molar-refractivity contribution in [2.75, 3.05) is 7.05 Å². The number of allylic oxidation sites excluding steroid dienone is 1. The molecule has 0 aromatic rings. The first-order chi connectivity index (χ1) is 6.11. The number of primary amides is 1. The van der Waals surface area contributed by atoms with Crippen LogP contribution in [-0.2, 0) is 4.79 Å². The molecule has 78 valence electrons. The van der Waals surface area contributed by atoms with E-state index in [1.54, 1.807) is 7.05 Å². The van der Waals surface area contributed by atoms with Gasteiger partial charge in [-0.05, 0) is 27.3 Å². The summed E-state index contributed by atoms with van der Waals surface area (Å²) in [5.41, 5.74) is 6.29. The third-order valence-corrected chi connectivity index (χ3v) is 1.71. The van der Waals surface area contributed by atoms with Crippen LogP contribution in [0.1, 0.15) is 34.1 Å². The van der Waals surface area contributed by atoms with Crippen molar-refractivity contribution in [3.05, 3.63) is 11.6 Å². The molecule has 13 heavy (non-hydrogen) atoms. The topological polar surface area (TPSA) is 55.1 Å². The van der Waals surface area contributed by atoms with Gasteiger partial charge in [0.25, 0.3) is 0 Å². The summed E-state index contributed by atoms with van der Waals surface area (Å²) in [5, 5.41) is 2.85. The van der Waals surface area contributed by atoms with Gasteiger partial charge in [-0.3, -0.25) is 4.79 Å². The number of nitrogens with two attached hydrogens (primary N) is 1. The molecule has 0 aromatic carbocycles. The lowest BCUT2D eigenvalue weighted by Gasteiger charge is -2.11. The number of amides is 1. The van der Waals surface area contributed by atoms with E-state index in [-0.39, 0.29) is 11.9 Å². The average molecular weight is 186 g/mol. The Morgan fingerprint density at radius 2 is 2.00 bits per heavy atom. The van der Waals surface area contributed by atoms with E-state index in [1.165, 1.54) is 5.57 Å². The first-order valence-electron chi connectivity index (χ1n) is 4.70. The Balaban J connectivity index is 0. The van der Waals surface area contributed by atoms with Gasteiger partial charge in [0.15, 0.2) is 0 Å². The van der Waals surface area contributed by atoms with E-state index in [0.29, 0.717) is 6.42 Å². The zero-order valence-electron chi connectivity index (χ0n) is 9.35. The smallest absolute Gasteiger partial charge is 0.234 e. The number of likely N-dealkylation sites (N-methyl/N-ethyl adjacent to an activating group) is 1. The molecule has 0 rings (SSSR count). The Labute approximate surface area is 81.4 Å². The van der Waals surface area contributed by atoms with Crippen molar-refractivity contribution < 1.29 is 4.79 Å². The summed E-state index contributed by atoms with van der Waals surface area (Å²) in [4.78, 5) is 10.7. The van der Waals surface area contributed by atoms with Gasteiger partial charge in [0.1, 0.15) is 0 Å². The molecule has 1 amide bonds. The number of rotatable bonds is 4. The highest BCUT2D eigenvalue weighted by molar-refractivity contribution is 5.80. The lowest BCUT2D eigenvalue weighted by Crippen LogP contribution is -2.39. The molecule has 3 heteroatoms. The molecule has 0 saturated heterocycles. The summed E-state index contributed by atoms with van der Waals surface area (Å²) < 4.78 is 0. The van der Waals surface area contributed by atoms with E-state index in [1.807, 2.05) is 33.8 Å².